The summed E-state index contributed by atoms with van der Waals surface area (Å²) >= 11 is 0. The summed E-state index contributed by atoms with van der Waals surface area (Å²) in [6, 6.07) is 0. The first kappa shape index (κ1) is 10.8. The number of aliphatic hydroxyl groups excluding tert-OH is 1. The molecule has 0 saturated heterocycles. The minimum absolute atomic E-state index is 0.0365. The number of rotatable bonds is 4. The van der Waals surface area contributed by atoms with Crippen LogP contribution < -0.4 is 5.32 Å². The molecule has 0 saturated carbocycles. The van der Waals surface area contributed by atoms with Gasteiger partial charge in [0.25, 0.3) is 0 Å². The molecule has 0 bridgehead atoms. The lowest BCUT2D eigenvalue weighted by molar-refractivity contribution is -0.118. The van der Waals surface area contributed by atoms with E-state index in [1.165, 1.54) is 6.92 Å². The molecule has 0 rings (SSSR count). The van der Waals surface area contributed by atoms with E-state index in [0.717, 1.165) is 12.0 Å². The Hall–Kier alpha value is -1.25. The quantitative estimate of drug-likeness (QED) is 0.495. The lowest BCUT2D eigenvalue weighted by Crippen LogP contribution is -2.20. The molecule has 12 heavy (non-hydrogen) atoms. The number of aliphatic hydroxyl groups is 1. The summed E-state index contributed by atoms with van der Waals surface area (Å²) in [5.74, 6) is 0.0148. The van der Waals surface area contributed by atoms with E-state index in [4.69, 9.17) is 5.11 Å². The van der Waals surface area contributed by atoms with Crippen molar-refractivity contribution in [1.82, 2.24) is 5.32 Å². The Morgan fingerprint density at radius 2 is 2.17 bits per heavy atom. The van der Waals surface area contributed by atoms with Crippen LogP contribution in [0.4, 0.5) is 0 Å². The Morgan fingerprint density at radius 3 is 2.58 bits per heavy atom. The number of hydrogen-bond donors (Lipinski definition) is 2. The Kier molecular flexibility index (Phi) is 4.84. The Morgan fingerprint density at radius 1 is 1.58 bits per heavy atom. The van der Waals surface area contributed by atoms with Crippen LogP contribution in [0.2, 0.25) is 0 Å². The molecule has 0 aliphatic rings. The first-order valence-corrected chi connectivity index (χ1v) is 3.82. The smallest absolute Gasteiger partial charge is 0.216 e. The summed E-state index contributed by atoms with van der Waals surface area (Å²) in [5.41, 5.74) is 0.997. The van der Waals surface area contributed by atoms with Gasteiger partial charge in [0.2, 0.25) is 5.91 Å². The Bertz CT molecular complexity index is 207. The summed E-state index contributed by atoms with van der Waals surface area (Å²) in [6.45, 7) is 7.29. The second kappa shape index (κ2) is 5.41. The molecule has 0 aromatic carbocycles. The third kappa shape index (κ3) is 6.86. The van der Waals surface area contributed by atoms with Crippen molar-refractivity contribution in [3.63, 3.8) is 0 Å². The van der Waals surface area contributed by atoms with Crippen molar-refractivity contribution < 1.29 is 9.90 Å². The van der Waals surface area contributed by atoms with Crippen molar-refractivity contribution >= 4 is 5.91 Å². The van der Waals surface area contributed by atoms with Crippen LogP contribution in [0.15, 0.2) is 24.0 Å². The van der Waals surface area contributed by atoms with Gasteiger partial charge in [-0.2, -0.15) is 0 Å². The molecule has 3 nitrogen and oxygen atoms in total. The van der Waals surface area contributed by atoms with Gasteiger partial charge < -0.3 is 10.4 Å². The van der Waals surface area contributed by atoms with Crippen LogP contribution in [0.3, 0.4) is 0 Å². The highest BCUT2D eigenvalue weighted by atomic mass is 16.3. The number of carbonyl (C=O) groups is 1. The van der Waals surface area contributed by atoms with Gasteiger partial charge in [0, 0.05) is 13.5 Å². The summed E-state index contributed by atoms with van der Waals surface area (Å²) < 4.78 is 0. The highest BCUT2D eigenvalue weighted by Crippen LogP contribution is 2.00. The van der Waals surface area contributed by atoms with Gasteiger partial charge >= 0.3 is 0 Å². The van der Waals surface area contributed by atoms with Crippen LogP contribution in [-0.4, -0.2) is 17.6 Å². The van der Waals surface area contributed by atoms with E-state index < -0.39 is 0 Å². The molecule has 0 atom stereocenters. The van der Waals surface area contributed by atoms with Crippen molar-refractivity contribution in [3.8, 4) is 0 Å². The maximum atomic E-state index is 10.4. The lowest BCUT2D eigenvalue weighted by atomic mass is 10.2. The second-order valence-corrected chi connectivity index (χ2v) is 2.71. The molecule has 0 aromatic rings. The van der Waals surface area contributed by atoms with E-state index in [2.05, 4.69) is 11.9 Å². The van der Waals surface area contributed by atoms with E-state index >= 15 is 0 Å². The van der Waals surface area contributed by atoms with E-state index in [-0.39, 0.29) is 11.7 Å². The summed E-state index contributed by atoms with van der Waals surface area (Å²) in [5, 5.41) is 11.4. The van der Waals surface area contributed by atoms with Gasteiger partial charge in [0.1, 0.15) is 5.76 Å². The monoisotopic (exact) mass is 169 g/mol. The maximum Gasteiger partial charge on any atom is 0.216 e. The first-order chi connectivity index (χ1) is 5.52. The topological polar surface area (TPSA) is 49.3 Å². The number of nitrogens with one attached hydrogen (secondary N) is 1. The molecule has 3 heteroatoms. The van der Waals surface area contributed by atoms with Crippen LogP contribution in [0.5, 0.6) is 0 Å². The van der Waals surface area contributed by atoms with Gasteiger partial charge in [0.05, 0.1) is 0 Å². The zero-order valence-corrected chi connectivity index (χ0v) is 7.55. The predicted octanol–water partition coefficient (Wildman–Crippen LogP) is 1.53. The fraction of sp³-hybridized carbons (Fsp3) is 0.444. The van der Waals surface area contributed by atoms with Crippen molar-refractivity contribution in [1.29, 1.82) is 0 Å². The van der Waals surface area contributed by atoms with E-state index in [0.29, 0.717) is 6.54 Å². The fourth-order valence-electron chi connectivity index (χ4n) is 0.792. The third-order valence-electron chi connectivity index (χ3n) is 1.31. The molecule has 0 radical (unpaired) electrons. The summed E-state index contributed by atoms with van der Waals surface area (Å²) in [6.07, 6.45) is 2.32. The highest BCUT2D eigenvalue weighted by molar-refractivity contribution is 5.72. The van der Waals surface area contributed by atoms with Gasteiger partial charge in [-0.3, -0.25) is 4.79 Å². The van der Waals surface area contributed by atoms with E-state index in [1.54, 1.807) is 6.08 Å². The van der Waals surface area contributed by atoms with Crippen LogP contribution in [-0.2, 0) is 4.79 Å². The molecule has 0 aromatic heterocycles. The molecule has 2 N–H and O–H groups in total. The number of hydrogen-bond acceptors (Lipinski definition) is 2. The molecule has 0 aliphatic carbocycles. The zero-order valence-electron chi connectivity index (χ0n) is 7.55. The number of amides is 1. The zero-order chi connectivity index (χ0) is 9.56. The molecular weight excluding hydrogens is 154 g/mol. The van der Waals surface area contributed by atoms with Crippen LogP contribution in [0, 0.1) is 0 Å². The van der Waals surface area contributed by atoms with Crippen molar-refractivity contribution in [3.05, 3.63) is 24.0 Å². The first-order valence-electron chi connectivity index (χ1n) is 3.82. The third-order valence-corrected chi connectivity index (χ3v) is 1.31. The van der Waals surface area contributed by atoms with Gasteiger partial charge in [-0.15, -0.1) is 0 Å². The van der Waals surface area contributed by atoms with Gasteiger partial charge in [-0.1, -0.05) is 12.2 Å². The molecule has 0 fully saturated rings. The SMILES string of the molecule is C=C(O)/C=C(\C)CCNC(C)=O. The number of allylic oxidation sites excluding steroid dienone is 1. The molecule has 1 amide bonds. The highest BCUT2D eigenvalue weighted by Gasteiger charge is 1.92. The van der Waals surface area contributed by atoms with Gasteiger partial charge in [0.15, 0.2) is 0 Å². The lowest BCUT2D eigenvalue weighted by Gasteiger charge is -2.01. The van der Waals surface area contributed by atoms with Crippen LogP contribution >= 0.6 is 0 Å². The van der Waals surface area contributed by atoms with E-state index in [9.17, 15) is 4.79 Å². The molecular formula is C9H15NO2. The Balaban J connectivity index is 3.64. The van der Waals surface area contributed by atoms with Crippen LogP contribution in [0.1, 0.15) is 20.3 Å². The molecule has 0 unspecified atom stereocenters. The van der Waals surface area contributed by atoms with Crippen molar-refractivity contribution in [2.75, 3.05) is 6.54 Å². The van der Waals surface area contributed by atoms with Crippen molar-refractivity contribution in [2.45, 2.75) is 20.3 Å². The molecule has 0 aliphatic heterocycles. The normalized spacial score (nSPS) is 11.0. The fourth-order valence-corrected chi connectivity index (χ4v) is 0.792. The molecule has 0 heterocycles. The van der Waals surface area contributed by atoms with Gasteiger partial charge in [-0.25, -0.2) is 0 Å². The van der Waals surface area contributed by atoms with Crippen molar-refractivity contribution in [2.24, 2.45) is 0 Å². The van der Waals surface area contributed by atoms with Crippen LogP contribution in [0.25, 0.3) is 0 Å². The standard InChI is InChI=1S/C9H15NO2/c1-7(6-8(2)11)4-5-10-9(3)12/h6,11H,2,4-5H2,1,3H3,(H,10,12)/b7-6+. The predicted molar refractivity (Wildman–Crippen MR) is 48.8 cm³/mol. The second-order valence-electron chi connectivity index (χ2n) is 2.71. The largest absolute Gasteiger partial charge is 0.509 e. The molecule has 68 valence electrons. The average Bonchev–Trinajstić information content (AvgIpc) is 1.84. The maximum absolute atomic E-state index is 10.4. The summed E-state index contributed by atoms with van der Waals surface area (Å²) in [7, 11) is 0. The summed E-state index contributed by atoms with van der Waals surface area (Å²) in [4.78, 5) is 10.4. The Labute approximate surface area is 72.8 Å². The number of carbonyl (C=O) groups excluding carboxylic acids is 1. The van der Waals surface area contributed by atoms with Gasteiger partial charge in [-0.05, 0) is 19.4 Å². The van der Waals surface area contributed by atoms with E-state index in [1.807, 2.05) is 6.92 Å². The minimum Gasteiger partial charge on any atom is -0.509 e. The average molecular weight is 169 g/mol. The molecule has 0 spiro atoms. The minimum atomic E-state index is -0.0365.